The summed E-state index contributed by atoms with van der Waals surface area (Å²) in [5.74, 6) is -0.556. The van der Waals surface area contributed by atoms with E-state index in [4.69, 9.17) is 0 Å². The quantitative estimate of drug-likeness (QED) is 0.736. The van der Waals surface area contributed by atoms with Gasteiger partial charge in [0.2, 0.25) is 0 Å². The number of para-hydroxylation sites is 1. The van der Waals surface area contributed by atoms with Gasteiger partial charge in [-0.05, 0) is 46.3 Å². The van der Waals surface area contributed by atoms with Gasteiger partial charge in [0.15, 0.2) is 0 Å². The molecule has 0 heterocycles. The molecule has 0 spiro atoms. The molecule has 8 heteroatoms. The first-order valence-corrected chi connectivity index (χ1v) is 8.56. The van der Waals surface area contributed by atoms with Crippen LogP contribution in [-0.4, -0.2) is 14.3 Å². The normalized spacial score (nSPS) is 11.2. The number of carbonyl (C=O) groups is 1. The zero-order valence-electron chi connectivity index (χ0n) is 10.3. The Bertz CT molecular complexity index is 809. The lowest BCUT2D eigenvalue weighted by Gasteiger charge is -2.09. The van der Waals surface area contributed by atoms with Crippen LogP contribution < -0.4 is 5.32 Å². The molecule has 2 rings (SSSR count). The fourth-order valence-electron chi connectivity index (χ4n) is 1.64. The van der Waals surface area contributed by atoms with Crippen LogP contribution in [0.5, 0.6) is 0 Å². The maximum absolute atomic E-state index is 13.2. The van der Waals surface area contributed by atoms with Crippen LogP contribution in [0.15, 0.2) is 56.3 Å². The average molecular weight is 437 g/mol. The van der Waals surface area contributed by atoms with E-state index in [-0.39, 0.29) is 11.3 Å². The van der Waals surface area contributed by atoms with Gasteiger partial charge in [0.25, 0.3) is 5.91 Å². The molecule has 0 saturated carbocycles. The standard InChI is InChI=1S/C13H8Br2FNO3S/c14-8-5-6-10(15)9(7-8)13(18)17-11-3-1-2-4-12(11)21(16,19)20/h1-7H,(H,17,18). The van der Waals surface area contributed by atoms with Crippen molar-refractivity contribution in [3.05, 3.63) is 57.0 Å². The molecule has 2 aromatic carbocycles. The molecule has 0 aromatic heterocycles. The van der Waals surface area contributed by atoms with Gasteiger partial charge in [-0.2, -0.15) is 8.42 Å². The van der Waals surface area contributed by atoms with Gasteiger partial charge in [-0.3, -0.25) is 4.79 Å². The van der Waals surface area contributed by atoms with E-state index in [0.717, 1.165) is 6.07 Å². The minimum atomic E-state index is -4.92. The van der Waals surface area contributed by atoms with Crippen molar-refractivity contribution < 1.29 is 17.1 Å². The van der Waals surface area contributed by atoms with Crippen molar-refractivity contribution in [2.45, 2.75) is 4.90 Å². The second kappa shape index (κ2) is 6.25. The van der Waals surface area contributed by atoms with E-state index < -0.39 is 21.0 Å². The van der Waals surface area contributed by atoms with Crippen molar-refractivity contribution in [3.8, 4) is 0 Å². The van der Waals surface area contributed by atoms with E-state index in [9.17, 15) is 17.1 Å². The monoisotopic (exact) mass is 435 g/mol. The fraction of sp³-hybridized carbons (Fsp3) is 0. The highest BCUT2D eigenvalue weighted by Crippen LogP contribution is 2.26. The Morgan fingerprint density at radius 1 is 1.10 bits per heavy atom. The molecule has 0 saturated heterocycles. The summed E-state index contributed by atoms with van der Waals surface area (Å²) >= 11 is 6.47. The minimum Gasteiger partial charge on any atom is -0.321 e. The Labute approximate surface area is 137 Å². The van der Waals surface area contributed by atoms with Crippen LogP contribution >= 0.6 is 31.9 Å². The van der Waals surface area contributed by atoms with Crippen molar-refractivity contribution in [2.24, 2.45) is 0 Å². The largest absolute Gasteiger partial charge is 0.334 e. The number of nitrogens with one attached hydrogen (secondary N) is 1. The summed E-state index contributed by atoms with van der Waals surface area (Å²) in [6.07, 6.45) is 0. The lowest BCUT2D eigenvalue weighted by Crippen LogP contribution is -2.14. The lowest BCUT2D eigenvalue weighted by atomic mass is 10.2. The van der Waals surface area contributed by atoms with Crippen LogP contribution in [0.3, 0.4) is 0 Å². The second-order valence-electron chi connectivity index (χ2n) is 4.01. The first kappa shape index (κ1) is 16.1. The molecule has 1 N–H and O–H groups in total. The molecular formula is C13H8Br2FNO3S. The Hall–Kier alpha value is -1.25. The number of carbonyl (C=O) groups excluding carboxylic acids is 1. The van der Waals surface area contributed by atoms with Gasteiger partial charge in [0, 0.05) is 8.95 Å². The third-order valence-electron chi connectivity index (χ3n) is 2.57. The summed E-state index contributed by atoms with van der Waals surface area (Å²) in [7, 11) is -4.92. The van der Waals surface area contributed by atoms with E-state index in [1.54, 1.807) is 18.2 Å². The molecule has 0 unspecified atom stereocenters. The highest BCUT2D eigenvalue weighted by molar-refractivity contribution is 9.11. The third-order valence-corrected chi connectivity index (χ3v) is 4.64. The number of benzene rings is 2. The SMILES string of the molecule is O=C(Nc1ccccc1S(=O)(=O)F)c1cc(Br)ccc1Br. The van der Waals surface area contributed by atoms with E-state index >= 15 is 0 Å². The molecule has 0 radical (unpaired) electrons. The molecular weight excluding hydrogens is 429 g/mol. The molecule has 0 aliphatic heterocycles. The third kappa shape index (κ3) is 3.90. The van der Waals surface area contributed by atoms with Crippen LogP contribution in [0, 0.1) is 0 Å². The number of hydrogen-bond donors (Lipinski definition) is 1. The van der Waals surface area contributed by atoms with Gasteiger partial charge < -0.3 is 5.32 Å². The first-order chi connectivity index (χ1) is 9.79. The highest BCUT2D eigenvalue weighted by Gasteiger charge is 2.19. The van der Waals surface area contributed by atoms with E-state index in [1.807, 2.05) is 0 Å². The molecule has 21 heavy (non-hydrogen) atoms. The molecule has 0 fully saturated rings. The van der Waals surface area contributed by atoms with Crippen LogP contribution in [0.2, 0.25) is 0 Å². The Morgan fingerprint density at radius 2 is 1.76 bits per heavy atom. The predicted molar refractivity (Wildman–Crippen MR) is 84.5 cm³/mol. The first-order valence-electron chi connectivity index (χ1n) is 5.59. The van der Waals surface area contributed by atoms with Gasteiger partial charge in [-0.15, -0.1) is 3.89 Å². The summed E-state index contributed by atoms with van der Waals surface area (Å²) < 4.78 is 36.5. The molecule has 110 valence electrons. The fourth-order valence-corrected chi connectivity index (χ4v) is 3.05. The summed E-state index contributed by atoms with van der Waals surface area (Å²) in [5, 5.41) is 2.39. The number of anilines is 1. The Kier molecular flexibility index (Phi) is 4.80. The maximum atomic E-state index is 13.2. The second-order valence-corrected chi connectivity index (χ2v) is 7.10. The van der Waals surface area contributed by atoms with Crippen LogP contribution in [0.25, 0.3) is 0 Å². The number of rotatable bonds is 3. The van der Waals surface area contributed by atoms with Crippen LogP contribution in [0.1, 0.15) is 10.4 Å². The highest BCUT2D eigenvalue weighted by atomic mass is 79.9. The maximum Gasteiger partial charge on any atom is 0.334 e. The molecule has 0 aliphatic rings. The topological polar surface area (TPSA) is 63.2 Å². The van der Waals surface area contributed by atoms with Gasteiger partial charge in [0.1, 0.15) is 4.90 Å². The van der Waals surface area contributed by atoms with Gasteiger partial charge in [0.05, 0.1) is 11.3 Å². The van der Waals surface area contributed by atoms with Crippen molar-refractivity contribution in [2.75, 3.05) is 5.32 Å². The van der Waals surface area contributed by atoms with Crippen molar-refractivity contribution in [1.82, 2.24) is 0 Å². The molecule has 0 bridgehead atoms. The van der Waals surface area contributed by atoms with Crippen LogP contribution in [-0.2, 0) is 10.2 Å². The van der Waals surface area contributed by atoms with Crippen LogP contribution in [0.4, 0.5) is 9.57 Å². The van der Waals surface area contributed by atoms with Crippen molar-refractivity contribution in [3.63, 3.8) is 0 Å². The molecule has 0 atom stereocenters. The summed E-state index contributed by atoms with van der Waals surface area (Å²) in [5.41, 5.74) is 0.173. The minimum absolute atomic E-state index is 0.114. The van der Waals surface area contributed by atoms with Crippen molar-refractivity contribution >= 4 is 53.7 Å². The summed E-state index contributed by atoms with van der Waals surface area (Å²) in [4.78, 5) is 11.6. The Morgan fingerprint density at radius 3 is 2.43 bits per heavy atom. The zero-order chi connectivity index (χ0) is 15.6. The predicted octanol–water partition coefficient (Wildman–Crippen LogP) is 4.12. The van der Waals surface area contributed by atoms with Gasteiger partial charge in [-0.25, -0.2) is 0 Å². The lowest BCUT2D eigenvalue weighted by molar-refractivity contribution is 0.102. The molecule has 0 aliphatic carbocycles. The number of halogens is 3. The van der Waals surface area contributed by atoms with E-state index in [2.05, 4.69) is 37.2 Å². The summed E-state index contributed by atoms with van der Waals surface area (Å²) in [6.45, 7) is 0. The number of hydrogen-bond acceptors (Lipinski definition) is 3. The number of amides is 1. The smallest absolute Gasteiger partial charge is 0.321 e. The molecule has 2 aromatic rings. The molecule has 1 amide bonds. The summed E-state index contributed by atoms with van der Waals surface area (Å²) in [6, 6.07) is 10.2. The van der Waals surface area contributed by atoms with E-state index in [1.165, 1.54) is 18.2 Å². The van der Waals surface area contributed by atoms with E-state index in [0.29, 0.717) is 8.95 Å². The Balaban J connectivity index is 2.39. The van der Waals surface area contributed by atoms with Gasteiger partial charge in [-0.1, -0.05) is 28.1 Å². The molecule has 4 nitrogen and oxygen atoms in total. The average Bonchev–Trinajstić information content (AvgIpc) is 2.41. The van der Waals surface area contributed by atoms with Gasteiger partial charge >= 0.3 is 10.2 Å². The zero-order valence-corrected chi connectivity index (χ0v) is 14.3. The van der Waals surface area contributed by atoms with Crippen molar-refractivity contribution in [1.29, 1.82) is 0 Å².